The van der Waals surface area contributed by atoms with Crippen molar-refractivity contribution in [2.24, 2.45) is 11.8 Å². The molecule has 4 rings (SSSR count). The maximum absolute atomic E-state index is 12.2. The number of benzene rings is 1. The number of nitrogens with one attached hydrogen (secondary N) is 1. The van der Waals surface area contributed by atoms with Crippen molar-refractivity contribution in [1.29, 1.82) is 5.26 Å². The fourth-order valence-corrected chi connectivity index (χ4v) is 3.72. The molecule has 7 heteroatoms. The van der Waals surface area contributed by atoms with Crippen LogP contribution in [-0.2, 0) is 4.79 Å². The Morgan fingerprint density at radius 3 is 2.77 bits per heavy atom. The molecule has 1 amide bonds. The number of Topliss-reactive ketones (excluding diaryl/α,β-unsaturated/α-hetero) is 1. The van der Waals surface area contributed by atoms with Gasteiger partial charge < -0.3 is 11.1 Å². The van der Waals surface area contributed by atoms with Crippen molar-refractivity contribution in [2.75, 3.05) is 11.1 Å². The van der Waals surface area contributed by atoms with Gasteiger partial charge >= 0.3 is 0 Å². The maximum atomic E-state index is 12.2. The van der Waals surface area contributed by atoms with Crippen LogP contribution in [0.1, 0.15) is 42.1 Å². The number of nitrogen functional groups attached to an aromatic ring is 1. The third-order valence-corrected chi connectivity index (χ3v) is 5.59. The van der Waals surface area contributed by atoms with E-state index >= 15 is 0 Å². The topological polar surface area (TPSA) is 122 Å². The molecule has 1 aromatic carbocycles. The quantitative estimate of drug-likeness (QED) is 0.582. The lowest BCUT2D eigenvalue weighted by atomic mass is 9.98. The van der Waals surface area contributed by atoms with Crippen LogP contribution >= 0.6 is 0 Å². The number of rotatable bonds is 6. The molecule has 156 valence electrons. The molecule has 0 bridgehead atoms. The summed E-state index contributed by atoms with van der Waals surface area (Å²) in [4.78, 5) is 33.2. The third kappa shape index (κ3) is 4.10. The number of nitrogens with two attached hydrogens (primary N) is 1. The van der Waals surface area contributed by atoms with Crippen molar-refractivity contribution in [3.63, 3.8) is 0 Å². The van der Waals surface area contributed by atoms with Crippen LogP contribution in [0.5, 0.6) is 0 Å². The molecule has 1 aliphatic rings. The molecule has 1 fully saturated rings. The highest BCUT2D eigenvalue weighted by Crippen LogP contribution is 2.38. The van der Waals surface area contributed by atoms with Crippen LogP contribution < -0.4 is 11.1 Å². The fraction of sp³-hybridized carbons (Fsp3) is 0.292. The van der Waals surface area contributed by atoms with Crippen molar-refractivity contribution in [3.8, 4) is 17.3 Å². The lowest BCUT2D eigenvalue weighted by Crippen LogP contribution is -2.15. The number of nitriles is 1. The van der Waals surface area contributed by atoms with Crippen LogP contribution in [0, 0.1) is 30.1 Å². The summed E-state index contributed by atoms with van der Waals surface area (Å²) in [6, 6.07) is 11.4. The van der Waals surface area contributed by atoms with E-state index in [1.54, 1.807) is 12.3 Å². The highest BCUT2D eigenvalue weighted by molar-refractivity contribution is 5.99. The summed E-state index contributed by atoms with van der Waals surface area (Å²) in [6.07, 6.45) is 3.52. The molecule has 3 aromatic rings. The molecule has 2 heterocycles. The van der Waals surface area contributed by atoms with Gasteiger partial charge in [-0.05, 0) is 48.9 Å². The molecule has 0 radical (unpaired) electrons. The van der Waals surface area contributed by atoms with E-state index in [2.05, 4.69) is 21.4 Å². The first-order chi connectivity index (χ1) is 14.9. The smallest absolute Gasteiger partial charge is 0.230 e. The van der Waals surface area contributed by atoms with Crippen molar-refractivity contribution in [3.05, 3.63) is 47.7 Å². The summed E-state index contributed by atoms with van der Waals surface area (Å²) in [5.74, 6) is 0.219. The van der Waals surface area contributed by atoms with Gasteiger partial charge in [0.1, 0.15) is 11.6 Å². The number of carbonyl (C=O) groups excluding carboxylic acids is 2. The Morgan fingerprint density at radius 2 is 2.10 bits per heavy atom. The van der Waals surface area contributed by atoms with Gasteiger partial charge in [-0.3, -0.25) is 9.59 Å². The van der Waals surface area contributed by atoms with Crippen LogP contribution in [0.4, 0.5) is 11.6 Å². The summed E-state index contributed by atoms with van der Waals surface area (Å²) in [5.41, 5.74) is 9.39. The number of amides is 1. The summed E-state index contributed by atoms with van der Waals surface area (Å²) >= 11 is 0. The molecule has 0 aliphatic heterocycles. The molecule has 2 atom stereocenters. The van der Waals surface area contributed by atoms with Crippen LogP contribution in [0.3, 0.4) is 0 Å². The van der Waals surface area contributed by atoms with E-state index in [9.17, 15) is 9.59 Å². The van der Waals surface area contributed by atoms with E-state index in [0.29, 0.717) is 41.1 Å². The summed E-state index contributed by atoms with van der Waals surface area (Å²) < 4.78 is 0. The van der Waals surface area contributed by atoms with E-state index in [4.69, 9.17) is 11.0 Å². The first kappa shape index (κ1) is 20.5. The average Bonchev–Trinajstić information content (AvgIpc) is 3.53. The number of hydrogen-bond acceptors (Lipinski definition) is 6. The zero-order valence-electron chi connectivity index (χ0n) is 17.5. The number of aromatic nitrogens is 2. The Morgan fingerprint density at radius 1 is 1.29 bits per heavy atom. The minimum absolute atomic E-state index is 0.129. The number of nitrogens with zero attached hydrogens (tertiary/aromatic N) is 3. The molecule has 0 spiro atoms. The van der Waals surface area contributed by atoms with Gasteiger partial charge in [0.25, 0.3) is 0 Å². The molecular formula is C24H23N5O2. The van der Waals surface area contributed by atoms with Gasteiger partial charge in [0.2, 0.25) is 5.91 Å². The van der Waals surface area contributed by atoms with Crippen LogP contribution in [0.2, 0.25) is 0 Å². The highest BCUT2D eigenvalue weighted by Gasteiger charge is 2.43. The molecule has 2 aromatic heterocycles. The molecule has 1 saturated carbocycles. The van der Waals surface area contributed by atoms with E-state index in [-0.39, 0.29) is 23.5 Å². The Balaban J connectivity index is 1.65. The van der Waals surface area contributed by atoms with Gasteiger partial charge in [-0.25, -0.2) is 9.97 Å². The van der Waals surface area contributed by atoms with E-state index in [0.717, 1.165) is 22.9 Å². The van der Waals surface area contributed by atoms with Gasteiger partial charge in [-0.1, -0.05) is 19.1 Å². The van der Waals surface area contributed by atoms with Crippen LogP contribution in [0.25, 0.3) is 22.0 Å². The SMILES string of the molecule is CCCC(=O)c1ccc(-c2cc3cc(NC(=O)[C@@H]4C[C@H]4C#N)ncc3c(N)n2)c(C)c1. The molecule has 0 saturated heterocycles. The predicted octanol–water partition coefficient (Wildman–Crippen LogP) is 4.27. The van der Waals surface area contributed by atoms with Crippen molar-refractivity contribution in [1.82, 2.24) is 9.97 Å². The first-order valence-corrected chi connectivity index (χ1v) is 10.3. The maximum Gasteiger partial charge on any atom is 0.230 e. The molecule has 1 aliphatic carbocycles. The van der Waals surface area contributed by atoms with Gasteiger partial charge in [-0.2, -0.15) is 5.26 Å². The number of anilines is 2. The number of hydrogen-bond donors (Lipinski definition) is 2. The molecule has 3 N–H and O–H groups in total. The van der Waals surface area contributed by atoms with Gasteiger partial charge in [0.05, 0.1) is 23.6 Å². The number of pyridine rings is 2. The molecule has 0 unspecified atom stereocenters. The molecular weight excluding hydrogens is 390 g/mol. The summed E-state index contributed by atoms with van der Waals surface area (Å²) in [7, 11) is 0. The van der Waals surface area contributed by atoms with Crippen LogP contribution in [-0.4, -0.2) is 21.7 Å². The normalized spacial score (nSPS) is 17.2. The Hall–Kier alpha value is -3.79. The minimum atomic E-state index is -0.267. The number of aryl methyl sites for hydroxylation is 1. The highest BCUT2D eigenvalue weighted by atomic mass is 16.2. The Bertz CT molecular complexity index is 1240. The standard InChI is InChI=1S/C24H23N5O2/c1-3-4-21(30)14-5-6-17(13(2)7-14)20-9-15-10-22(27-12-19(15)23(26)28-20)29-24(31)18-8-16(18)11-25/h5-7,9-10,12,16,18H,3-4,8H2,1-2H3,(H2,26,28)(H,27,29,31)/t16-,18+/m0/s1. The lowest BCUT2D eigenvalue weighted by Gasteiger charge is -2.11. The zero-order valence-corrected chi connectivity index (χ0v) is 17.5. The largest absolute Gasteiger partial charge is 0.383 e. The second-order valence-corrected chi connectivity index (χ2v) is 7.95. The van der Waals surface area contributed by atoms with Gasteiger partial charge in [0, 0.05) is 29.1 Å². The van der Waals surface area contributed by atoms with Crippen molar-refractivity contribution < 1.29 is 9.59 Å². The van der Waals surface area contributed by atoms with Gasteiger partial charge in [0.15, 0.2) is 5.78 Å². The number of ketones is 1. The van der Waals surface area contributed by atoms with Crippen LogP contribution in [0.15, 0.2) is 36.5 Å². The minimum Gasteiger partial charge on any atom is -0.383 e. The zero-order chi connectivity index (χ0) is 22.1. The van der Waals surface area contributed by atoms with E-state index in [1.807, 2.05) is 38.1 Å². The second-order valence-electron chi connectivity index (χ2n) is 7.95. The Labute approximate surface area is 180 Å². The molecule has 7 nitrogen and oxygen atoms in total. The molecule has 31 heavy (non-hydrogen) atoms. The monoisotopic (exact) mass is 413 g/mol. The number of carbonyl (C=O) groups is 2. The predicted molar refractivity (Wildman–Crippen MR) is 119 cm³/mol. The first-order valence-electron chi connectivity index (χ1n) is 10.3. The number of fused-ring (bicyclic) bond motifs is 1. The second kappa shape index (κ2) is 8.15. The fourth-order valence-electron chi connectivity index (χ4n) is 3.72. The summed E-state index contributed by atoms with van der Waals surface area (Å²) in [5, 5.41) is 13.2. The van der Waals surface area contributed by atoms with Gasteiger partial charge in [-0.15, -0.1) is 0 Å². The average molecular weight is 413 g/mol. The van der Waals surface area contributed by atoms with Crippen molar-refractivity contribution in [2.45, 2.75) is 33.1 Å². The van der Waals surface area contributed by atoms with E-state index in [1.165, 1.54) is 0 Å². The van der Waals surface area contributed by atoms with E-state index < -0.39 is 0 Å². The van der Waals surface area contributed by atoms with Crippen molar-refractivity contribution >= 4 is 34.1 Å². The third-order valence-electron chi connectivity index (χ3n) is 5.59. The summed E-state index contributed by atoms with van der Waals surface area (Å²) in [6.45, 7) is 3.93. The lowest BCUT2D eigenvalue weighted by molar-refractivity contribution is -0.117. The Kier molecular flexibility index (Phi) is 5.38.